The first-order valence-electron chi connectivity index (χ1n) is 6.44. The lowest BCUT2D eigenvalue weighted by molar-refractivity contribution is 0.0996. The molecule has 0 atom stereocenters. The molecule has 3 rings (SSSR count). The molecule has 0 aliphatic heterocycles. The molecule has 0 spiro atoms. The minimum Gasteiger partial charge on any atom is -0.459 e. The summed E-state index contributed by atoms with van der Waals surface area (Å²) < 4.78 is 19.4. The van der Waals surface area contributed by atoms with Crippen molar-refractivity contribution in [1.82, 2.24) is 9.55 Å². The van der Waals surface area contributed by atoms with Crippen molar-refractivity contribution in [2.24, 2.45) is 0 Å². The van der Waals surface area contributed by atoms with E-state index in [2.05, 4.69) is 10.3 Å². The Balaban J connectivity index is 1.97. The van der Waals surface area contributed by atoms with Crippen LogP contribution in [0.25, 0.3) is 5.69 Å². The van der Waals surface area contributed by atoms with Gasteiger partial charge in [-0.25, -0.2) is 9.37 Å². The van der Waals surface area contributed by atoms with E-state index in [1.165, 1.54) is 41.4 Å². The van der Waals surface area contributed by atoms with Crippen LogP contribution in [0.15, 0.2) is 58.2 Å². The molecule has 0 fully saturated rings. The predicted molar refractivity (Wildman–Crippen MR) is 81.5 cm³/mol. The highest BCUT2D eigenvalue weighted by Gasteiger charge is 2.14. The van der Waals surface area contributed by atoms with E-state index in [-0.39, 0.29) is 16.6 Å². The van der Waals surface area contributed by atoms with Crippen LogP contribution < -0.4 is 10.9 Å². The Bertz CT molecular complexity index is 922. The number of amides is 1. The maximum Gasteiger partial charge on any atom is 0.298 e. The lowest BCUT2D eigenvalue weighted by atomic mass is 10.3. The number of rotatable bonds is 3. The molecule has 0 bridgehead atoms. The topological polar surface area (TPSA) is 77.1 Å². The van der Waals surface area contributed by atoms with Crippen LogP contribution in [0.2, 0.25) is 5.02 Å². The van der Waals surface area contributed by atoms with Crippen LogP contribution in [0, 0.1) is 5.82 Å². The molecule has 116 valence electrons. The Morgan fingerprint density at radius 1 is 1.35 bits per heavy atom. The molecule has 0 aliphatic carbocycles. The van der Waals surface area contributed by atoms with Crippen LogP contribution in [0.5, 0.6) is 0 Å². The number of hydrogen-bond donors (Lipinski definition) is 1. The molecule has 8 heteroatoms. The van der Waals surface area contributed by atoms with Crippen molar-refractivity contribution in [3.8, 4) is 5.69 Å². The molecule has 2 heterocycles. The van der Waals surface area contributed by atoms with Crippen molar-refractivity contribution >= 4 is 23.3 Å². The Morgan fingerprint density at radius 2 is 2.17 bits per heavy atom. The van der Waals surface area contributed by atoms with Crippen molar-refractivity contribution in [2.75, 3.05) is 5.32 Å². The van der Waals surface area contributed by atoms with E-state index in [0.29, 0.717) is 5.69 Å². The van der Waals surface area contributed by atoms with Crippen LogP contribution in [0.1, 0.15) is 10.6 Å². The van der Waals surface area contributed by atoms with Gasteiger partial charge in [0.15, 0.2) is 11.6 Å². The number of nitrogens with zero attached hydrogens (tertiary/aromatic N) is 2. The first-order chi connectivity index (χ1) is 11.1. The second-order valence-corrected chi connectivity index (χ2v) is 4.89. The van der Waals surface area contributed by atoms with E-state index in [9.17, 15) is 14.0 Å². The predicted octanol–water partition coefficient (Wildman–Crippen LogP) is 2.87. The number of hydrogen-bond acceptors (Lipinski definition) is 4. The summed E-state index contributed by atoms with van der Waals surface area (Å²) in [6.07, 6.45) is 4.05. The summed E-state index contributed by atoms with van der Waals surface area (Å²) in [6, 6.07) is 6.84. The molecule has 0 unspecified atom stereocenters. The minimum absolute atomic E-state index is 0.0476. The van der Waals surface area contributed by atoms with Crippen molar-refractivity contribution in [3.63, 3.8) is 0 Å². The Morgan fingerprint density at radius 3 is 2.87 bits per heavy atom. The summed E-state index contributed by atoms with van der Waals surface area (Å²) in [5, 5.41) is 2.25. The first kappa shape index (κ1) is 15.0. The molecule has 1 N–H and O–H groups in total. The number of carbonyl (C=O) groups excluding carboxylic acids is 1. The monoisotopic (exact) mass is 333 g/mol. The van der Waals surface area contributed by atoms with E-state index in [1.54, 1.807) is 6.07 Å². The fraction of sp³-hybridized carbons (Fsp3) is 0. The van der Waals surface area contributed by atoms with Crippen LogP contribution in [-0.2, 0) is 0 Å². The fourth-order valence-corrected chi connectivity index (χ4v) is 2.09. The molecule has 1 amide bonds. The second kappa shape index (κ2) is 6.05. The minimum atomic E-state index is -0.602. The normalized spacial score (nSPS) is 10.5. The number of furan rings is 1. The van der Waals surface area contributed by atoms with E-state index in [1.807, 2.05) is 0 Å². The van der Waals surface area contributed by atoms with Gasteiger partial charge < -0.3 is 4.42 Å². The summed E-state index contributed by atoms with van der Waals surface area (Å²) in [4.78, 5) is 28.1. The summed E-state index contributed by atoms with van der Waals surface area (Å²) in [7, 11) is 0. The van der Waals surface area contributed by atoms with Gasteiger partial charge in [0, 0.05) is 12.4 Å². The molecule has 6 nitrogen and oxygen atoms in total. The van der Waals surface area contributed by atoms with Crippen molar-refractivity contribution < 1.29 is 13.6 Å². The molecule has 2 aromatic heterocycles. The third-order valence-electron chi connectivity index (χ3n) is 3.00. The molecule has 1 aromatic carbocycles. The molecule has 3 aromatic rings. The molecule has 23 heavy (non-hydrogen) atoms. The summed E-state index contributed by atoms with van der Waals surface area (Å²) in [5.41, 5.74) is -0.243. The van der Waals surface area contributed by atoms with Crippen molar-refractivity contribution in [1.29, 1.82) is 0 Å². The van der Waals surface area contributed by atoms with Crippen LogP contribution in [0.4, 0.5) is 10.2 Å². The first-order valence-corrected chi connectivity index (χ1v) is 6.82. The Hall–Kier alpha value is -2.93. The zero-order chi connectivity index (χ0) is 16.4. The zero-order valence-electron chi connectivity index (χ0n) is 11.5. The highest BCUT2D eigenvalue weighted by atomic mass is 35.5. The van der Waals surface area contributed by atoms with Crippen LogP contribution in [-0.4, -0.2) is 15.5 Å². The van der Waals surface area contributed by atoms with E-state index in [0.717, 1.165) is 6.07 Å². The summed E-state index contributed by atoms with van der Waals surface area (Å²) in [6.45, 7) is 0. The van der Waals surface area contributed by atoms with E-state index in [4.69, 9.17) is 16.0 Å². The third kappa shape index (κ3) is 3.00. The molecule has 0 radical (unpaired) electrons. The van der Waals surface area contributed by atoms with E-state index < -0.39 is 17.3 Å². The Kier molecular flexibility index (Phi) is 3.94. The van der Waals surface area contributed by atoms with Gasteiger partial charge >= 0.3 is 0 Å². The number of halogens is 2. The summed E-state index contributed by atoms with van der Waals surface area (Å²) >= 11 is 5.72. The molecule has 0 aliphatic rings. The van der Waals surface area contributed by atoms with E-state index >= 15 is 0 Å². The maximum absolute atomic E-state index is 13.2. The van der Waals surface area contributed by atoms with Gasteiger partial charge in [-0.3, -0.25) is 19.5 Å². The van der Waals surface area contributed by atoms with Crippen LogP contribution in [0.3, 0.4) is 0 Å². The molecule has 0 saturated heterocycles. The second-order valence-electron chi connectivity index (χ2n) is 4.48. The summed E-state index contributed by atoms with van der Waals surface area (Å²) in [5.74, 6) is -1.33. The fourth-order valence-electron chi connectivity index (χ4n) is 1.91. The maximum atomic E-state index is 13.2. The smallest absolute Gasteiger partial charge is 0.298 e. The number of benzene rings is 1. The van der Waals surface area contributed by atoms with Gasteiger partial charge in [-0.15, -0.1) is 0 Å². The van der Waals surface area contributed by atoms with Gasteiger partial charge in [0.25, 0.3) is 11.5 Å². The number of anilines is 1. The highest BCUT2D eigenvalue weighted by Crippen LogP contribution is 2.18. The van der Waals surface area contributed by atoms with Gasteiger partial charge in [0.1, 0.15) is 5.82 Å². The largest absolute Gasteiger partial charge is 0.459 e. The van der Waals surface area contributed by atoms with Gasteiger partial charge in [-0.1, -0.05) is 11.6 Å². The Labute approximate surface area is 134 Å². The van der Waals surface area contributed by atoms with Gasteiger partial charge in [0.2, 0.25) is 0 Å². The lowest BCUT2D eigenvalue weighted by Crippen LogP contribution is -2.25. The SMILES string of the molecule is O=C(Nc1nccn(-c2ccc(F)c(Cl)c2)c1=O)c1ccco1. The molecular weight excluding hydrogens is 325 g/mol. The number of aromatic nitrogens is 2. The van der Waals surface area contributed by atoms with Crippen LogP contribution >= 0.6 is 11.6 Å². The van der Waals surface area contributed by atoms with Crippen molar-refractivity contribution in [2.45, 2.75) is 0 Å². The van der Waals surface area contributed by atoms with Crippen molar-refractivity contribution in [3.05, 3.63) is 75.9 Å². The number of nitrogens with one attached hydrogen (secondary N) is 1. The highest BCUT2D eigenvalue weighted by molar-refractivity contribution is 6.30. The lowest BCUT2D eigenvalue weighted by Gasteiger charge is -2.08. The number of carbonyl (C=O) groups is 1. The molecular formula is C15H9ClFN3O3. The standard InChI is InChI=1S/C15H9ClFN3O3/c16-10-8-9(3-4-11(10)17)20-6-5-18-13(15(20)22)19-14(21)12-2-1-7-23-12/h1-8H,(H,18,19,21). The third-order valence-corrected chi connectivity index (χ3v) is 3.29. The van der Waals surface area contributed by atoms with Gasteiger partial charge in [-0.2, -0.15) is 0 Å². The van der Waals surface area contributed by atoms with Gasteiger partial charge in [0.05, 0.1) is 17.0 Å². The quantitative estimate of drug-likeness (QED) is 0.799. The zero-order valence-corrected chi connectivity index (χ0v) is 12.2. The molecule has 0 saturated carbocycles. The van der Waals surface area contributed by atoms with Gasteiger partial charge in [-0.05, 0) is 30.3 Å². The average Bonchev–Trinajstić information content (AvgIpc) is 3.07. The average molecular weight is 334 g/mol.